The Balaban J connectivity index is 2.05. The van der Waals surface area contributed by atoms with Crippen LogP contribution in [0.5, 0.6) is 0 Å². The third-order valence-corrected chi connectivity index (χ3v) is 4.11. The van der Waals surface area contributed by atoms with Crippen molar-refractivity contribution >= 4 is 40.9 Å². The highest BCUT2D eigenvalue weighted by atomic mass is 35.5. The van der Waals surface area contributed by atoms with E-state index in [1.165, 1.54) is 4.90 Å². The van der Waals surface area contributed by atoms with Crippen molar-refractivity contribution in [2.45, 2.75) is 45.3 Å². The number of rotatable bonds is 2. The summed E-state index contributed by atoms with van der Waals surface area (Å²) in [5, 5.41) is 3.55. The van der Waals surface area contributed by atoms with Gasteiger partial charge in [0, 0.05) is 12.2 Å². The van der Waals surface area contributed by atoms with Crippen LogP contribution in [0.3, 0.4) is 0 Å². The van der Waals surface area contributed by atoms with E-state index in [9.17, 15) is 9.59 Å². The smallest absolute Gasteiger partial charge is 0.410 e. The highest BCUT2D eigenvalue weighted by Gasteiger charge is 2.36. The van der Waals surface area contributed by atoms with E-state index >= 15 is 0 Å². The summed E-state index contributed by atoms with van der Waals surface area (Å²) < 4.78 is 5.36. The van der Waals surface area contributed by atoms with Crippen LogP contribution in [0.2, 0.25) is 10.0 Å². The predicted molar refractivity (Wildman–Crippen MR) is 91.1 cm³/mol. The number of ether oxygens (including phenoxy) is 1. The van der Waals surface area contributed by atoms with Crippen LogP contribution in [0.25, 0.3) is 0 Å². The second kappa shape index (κ2) is 6.97. The Kier molecular flexibility index (Phi) is 5.42. The Morgan fingerprint density at radius 3 is 2.57 bits per heavy atom. The Labute approximate surface area is 145 Å². The topological polar surface area (TPSA) is 58.6 Å². The van der Waals surface area contributed by atoms with Crippen LogP contribution in [-0.2, 0) is 9.53 Å². The molecule has 23 heavy (non-hydrogen) atoms. The molecule has 7 heteroatoms. The number of likely N-dealkylation sites (tertiary alicyclic amines) is 1. The zero-order valence-electron chi connectivity index (χ0n) is 13.4. The molecular weight excluding hydrogens is 339 g/mol. The van der Waals surface area contributed by atoms with Crippen LogP contribution in [-0.4, -0.2) is 35.1 Å². The number of nitrogens with zero attached hydrogens (tertiary/aromatic N) is 1. The van der Waals surface area contributed by atoms with Gasteiger partial charge >= 0.3 is 6.09 Å². The van der Waals surface area contributed by atoms with E-state index in [1.54, 1.807) is 39.0 Å². The molecule has 1 aliphatic heterocycles. The maximum atomic E-state index is 12.5. The Bertz CT molecular complexity index is 614. The Morgan fingerprint density at radius 1 is 1.26 bits per heavy atom. The van der Waals surface area contributed by atoms with Gasteiger partial charge in [-0.1, -0.05) is 23.2 Å². The molecule has 1 atom stereocenters. The number of carbonyl (C=O) groups is 2. The van der Waals surface area contributed by atoms with E-state index in [-0.39, 0.29) is 5.91 Å². The largest absolute Gasteiger partial charge is 0.444 e. The molecular formula is C16H20Cl2N2O3. The molecule has 2 rings (SSSR count). The summed E-state index contributed by atoms with van der Waals surface area (Å²) in [6, 6.07) is 4.31. The summed E-state index contributed by atoms with van der Waals surface area (Å²) in [6.07, 6.45) is 0.898. The summed E-state index contributed by atoms with van der Waals surface area (Å²) in [5.74, 6) is -0.258. The van der Waals surface area contributed by atoms with Crippen molar-refractivity contribution < 1.29 is 14.3 Å². The summed E-state index contributed by atoms with van der Waals surface area (Å²) in [6.45, 7) is 5.90. The van der Waals surface area contributed by atoms with E-state index in [2.05, 4.69) is 5.32 Å². The molecule has 0 aliphatic carbocycles. The van der Waals surface area contributed by atoms with Crippen molar-refractivity contribution in [1.82, 2.24) is 4.90 Å². The van der Waals surface area contributed by atoms with Gasteiger partial charge in [0.15, 0.2) is 0 Å². The Hall–Kier alpha value is -1.46. The lowest BCUT2D eigenvalue weighted by molar-refractivity contribution is -0.120. The normalized spacial score (nSPS) is 18.0. The van der Waals surface area contributed by atoms with Crippen molar-refractivity contribution in [1.29, 1.82) is 0 Å². The molecule has 1 fully saturated rings. The fraction of sp³-hybridized carbons (Fsp3) is 0.500. The lowest BCUT2D eigenvalue weighted by atomic mass is 10.2. The van der Waals surface area contributed by atoms with E-state index in [0.717, 1.165) is 6.42 Å². The van der Waals surface area contributed by atoms with Crippen LogP contribution in [0.4, 0.5) is 10.5 Å². The van der Waals surface area contributed by atoms with Crippen molar-refractivity contribution in [3.8, 4) is 0 Å². The highest BCUT2D eigenvalue weighted by Crippen LogP contribution is 2.26. The minimum atomic E-state index is -0.593. The average molecular weight is 359 g/mol. The van der Waals surface area contributed by atoms with Gasteiger partial charge in [0.25, 0.3) is 0 Å². The first kappa shape index (κ1) is 17.9. The fourth-order valence-electron chi connectivity index (χ4n) is 2.38. The molecule has 1 saturated heterocycles. The second-order valence-corrected chi connectivity index (χ2v) is 7.26. The maximum Gasteiger partial charge on any atom is 0.410 e. The molecule has 1 aromatic rings. The number of amides is 2. The molecule has 0 aromatic heterocycles. The first-order valence-corrected chi connectivity index (χ1v) is 8.18. The second-order valence-electron chi connectivity index (χ2n) is 6.45. The van der Waals surface area contributed by atoms with Gasteiger partial charge in [-0.2, -0.15) is 0 Å². The summed E-state index contributed by atoms with van der Waals surface area (Å²) in [7, 11) is 0. The Morgan fingerprint density at radius 2 is 1.96 bits per heavy atom. The third kappa shape index (κ3) is 4.75. The number of hydrogen-bond donors (Lipinski definition) is 1. The molecule has 1 unspecified atom stereocenters. The van der Waals surface area contributed by atoms with Crippen LogP contribution in [0.15, 0.2) is 18.2 Å². The highest BCUT2D eigenvalue weighted by molar-refractivity contribution is 6.42. The van der Waals surface area contributed by atoms with Crippen LogP contribution >= 0.6 is 23.2 Å². The quantitative estimate of drug-likeness (QED) is 0.855. The molecule has 0 saturated carbocycles. The van der Waals surface area contributed by atoms with Crippen LogP contribution in [0, 0.1) is 0 Å². The van der Waals surface area contributed by atoms with E-state index < -0.39 is 17.7 Å². The predicted octanol–water partition coefficient (Wildman–Crippen LogP) is 4.33. The molecule has 2 amide bonds. The van der Waals surface area contributed by atoms with Gasteiger partial charge in [0.2, 0.25) is 5.91 Å². The minimum absolute atomic E-state index is 0.258. The molecule has 1 aliphatic rings. The average Bonchev–Trinajstić information content (AvgIpc) is 2.90. The monoisotopic (exact) mass is 358 g/mol. The van der Waals surface area contributed by atoms with Crippen molar-refractivity contribution in [3.63, 3.8) is 0 Å². The third-order valence-electron chi connectivity index (χ3n) is 3.37. The molecule has 0 radical (unpaired) electrons. The van der Waals surface area contributed by atoms with E-state index in [4.69, 9.17) is 27.9 Å². The van der Waals surface area contributed by atoms with Crippen molar-refractivity contribution in [2.24, 2.45) is 0 Å². The van der Waals surface area contributed by atoms with Crippen molar-refractivity contribution in [2.75, 3.05) is 11.9 Å². The van der Waals surface area contributed by atoms with Gasteiger partial charge < -0.3 is 10.1 Å². The van der Waals surface area contributed by atoms with Crippen molar-refractivity contribution in [3.05, 3.63) is 28.2 Å². The van der Waals surface area contributed by atoms with Gasteiger partial charge in [-0.15, -0.1) is 0 Å². The molecule has 1 aromatic carbocycles. The van der Waals surface area contributed by atoms with E-state index in [0.29, 0.717) is 28.7 Å². The summed E-state index contributed by atoms with van der Waals surface area (Å²) >= 11 is 11.8. The van der Waals surface area contributed by atoms with Gasteiger partial charge in [0.1, 0.15) is 11.6 Å². The molecule has 0 spiro atoms. The lowest BCUT2D eigenvalue weighted by Gasteiger charge is -2.28. The van der Waals surface area contributed by atoms with Gasteiger partial charge in [-0.3, -0.25) is 9.69 Å². The zero-order chi connectivity index (χ0) is 17.2. The summed E-state index contributed by atoms with van der Waals surface area (Å²) in [4.78, 5) is 26.1. The number of hydrogen-bond acceptors (Lipinski definition) is 3. The maximum absolute atomic E-state index is 12.5. The first-order valence-electron chi connectivity index (χ1n) is 7.43. The molecule has 5 nitrogen and oxygen atoms in total. The molecule has 0 bridgehead atoms. The van der Waals surface area contributed by atoms with Gasteiger partial charge in [0.05, 0.1) is 10.0 Å². The summed E-state index contributed by atoms with van der Waals surface area (Å²) in [5.41, 5.74) is -0.0508. The zero-order valence-corrected chi connectivity index (χ0v) is 14.9. The SMILES string of the molecule is CC(C)(C)OC(=O)N1CCCC1C(=O)Nc1ccc(Cl)c(Cl)c1. The first-order chi connectivity index (χ1) is 10.7. The number of anilines is 1. The fourth-order valence-corrected chi connectivity index (χ4v) is 2.68. The van der Waals surface area contributed by atoms with Gasteiger partial charge in [-0.05, 0) is 51.8 Å². The van der Waals surface area contributed by atoms with Crippen LogP contribution in [0.1, 0.15) is 33.6 Å². The molecule has 126 valence electrons. The number of carbonyl (C=O) groups excluding carboxylic acids is 2. The standard InChI is InChI=1S/C16H20Cl2N2O3/c1-16(2,3)23-15(22)20-8-4-5-13(20)14(21)19-10-6-7-11(17)12(18)9-10/h6-7,9,13H,4-5,8H2,1-3H3,(H,19,21). The number of benzene rings is 1. The van der Waals surface area contributed by atoms with Crippen LogP contribution < -0.4 is 5.32 Å². The molecule has 1 heterocycles. The van der Waals surface area contributed by atoms with E-state index in [1.807, 2.05) is 0 Å². The molecule has 1 N–H and O–H groups in total. The lowest BCUT2D eigenvalue weighted by Crippen LogP contribution is -2.45. The minimum Gasteiger partial charge on any atom is -0.444 e. The van der Waals surface area contributed by atoms with Gasteiger partial charge in [-0.25, -0.2) is 4.79 Å². The number of halogens is 2. The number of nitrogens with one attached hydrogen (secondary N) is 1.